The zero-order valence-corrected chi connectivity index (χ0v) is 12.2. The van der Waals surface area contributed by atoms with Crippen LogP contribution in [-0.4, -0.2) is 17.2 Å². The molecule has 3 rings (SSSR count). The summed E-state index contributed by atoms with van der Waals surface area (Å²) in [5.41, 5.74) is 3.23. The molecule has 0 radical (unpaired) electrons. The fourth-order valence-corrected chi connectivity index (χ4v) is 2.22. The monoisotopic (exact) mass is 279 g/mol. The highest BCUT2D eigenvalue weighted by atomic mass is 16.4. The first kappa shape index (κ1) is 13.4. The standard InChI is InChI=1S/C17H17N3O/c1-13-8-6-7-11-15(13)17-19-18-16(21-17)12-20(2)14-9-4-3-5-10-14/h3-11H,12H2,1-2H3. The summed E-state index contributed by atoms with van der Waals surface area (Å²) in [6.07, 6.45) is 0. The van der Waals surface area contributed by atoms with Gasteiger partial charge in [0.25, 0.3) is 0 Å². The molecular weight excluding hydrogens is 262 g/mol. The van der Waals surface area contributed by atoms with E-state index in [9.17, 15) is 0 Å². The third-order valence-electron chi connectivity index (χ3n) is 3.41. The van der Waals surface area contributed by atoms with Crippen LogP contribution in [0.3, 0.4) is 0 Å². The Morgan fingerprint density at radius 3 is 2.43 bits per heavy atom. The maximum absolute atomic E-state index is 5.78. The molecule has 0 bridgehead atoms. The number of hydrogen-bond acceptors (Lipinski definition) is 4. The first-order chi connectivity index (χ1) is 10.2. The zero-order chi connectivity index (χ0) is 14.7. The van der Waals surface area contributed by atoms with E-state index in [1.54, 1.807) is 0 Å². The fourth-order valence-electron chi connectivity index (χ4n) is 2.22. The first-order valence-corrected chi connectivity index (χ1v) is 6.88. The molecule has 0 saturated carbocycles. The van der Waals surface area contributed by atoms with Gasteiger partial charge in [-0.2, -0.15) is 0 Å². The second-order valence-electron chi connectivity index (χ2n) is 5.01. The van der Waals surface area contributed by atoms with E-state index in [2.05, 4.69) is 27.2 Å². The molecule has 106 valence electrons. The van der Waals surface area contributed by atoms with Crippen LogP contribution < -0.4 is 4.90 Å². The molecule has 1 heterocycles. The van der Waals surface area contributed by atoms with Crippen LogP contribution in [-0.2, 0) is 6.54 Å². The Balaban J connectivity index is 1.78. The Morgan fingerprint density at radius 1 is 0.952 bits per heavy atom. The van der Waals surface area contributed by atoms with E-state index in [0.717, 1.165) is 16.8 Å². The van der Waals surface area contributed by atoms with Crippen LogP contribution in [0.2, 0.25) is 0 Å². The maximum atomic E-state index is 5.78. The van der Waals surface area contributed by atoms with Crippen LogP contribution in [0.25, 0.3) is 11.5 Å². The molecule has 2 aromatic carbocycles. The van der Waals surface area contributed by atoms with Gasteiger partial charge in [-0.3, -0.25) is 0 Å². The second kappa shape index (κ2) is 5.79. The zero-order valence-electron chi connectivity index (χ0n) is 12.2. The number of benzene rings is 2. The van der Waals surface area contributed by atoms with Crippen molar-refractivity contribution in [3.8, 4) is 11.5 Å². The molecule has 0 aliphatic heterocycles. The molecule has 21 heavy (non-hydrogen) atoms. The van der Waals surface area contributed by atoms with Crippen molar-refractivity contribution in [1.29, 1.82) is 0 Å². The predicted molar refractivity (Wildman–Crippen MR) is 83.0 cm³/mol. The van der Waals surface area contributed by atoms with Crippen molar-refractivity contribution in [1.82, 2.24) is 10.2 Å². The first-order valence-electron chi connectivity index (χ1n) is 6.88. The van der Waals surface area contributed by atoms with Gasteiger partial charge in [0.2, 0.25) is 11.8 Å². The molecule has 0 unspecified atom stereocenters. The average molecular weight is 279 g/mol. The number of rotatable bonds is 4. The Hall–Kier alpha value is -2.62. The maximum Gasteiger partial charge on any atom is 0.248 e. The average Bonchev–Trinajstić information content (AvgIpc) is 2.97. The van der Waals surface area contributed by atoms with Crippen molar-refractivity contribution in [2.45, 2.75) is 13.5 Å². The lowest BCUT2D eigenvalue weighted by Gasteiger charge is -2.16. The summed E-state index contributed by atoms with van der Waals surface area (Å²) in [4.78, 5) is 2.08. The molecule has 4 heteroatoms. The summed E-state index contributed by atoms with van der Waals surface area (Å²) in [5, 5.41) is 8.29. The van der Waals surface area contributed by atoms with Gasteiger partial charge in [-0.25, -0.2) is 0 Å². The van der Waals surface area contributed by atoms with Crippen LogP contribution in [0.5, 0.6) is 0 Å². The van der Waals surface area contributed by atoms with Crippen molar-refractivity contribution in [2.75, 3.05) is 11.9 Å². The molecule has 0 atom stereocenters. The van der Waals surface area contributed by atoms with Crippen LogP contribution in [0.4, 0.5) is 5.69 Å². The van der Waals surface area contributed by atoms with Gasteiger partial charge in [-0.15, -0.1) is 10.2 Å². The van der Waals surface area contributed by atoms with E-state index in [0.29, 0.717) is 18.3 Å². The third kappa shape index (κ3) is 2.94. The topological polar surface area (TPSA) is 42.2 Å². The minimum atomic E-state index is 0.574. The Bertz CT molecular complexity index is 722. The molecule has 0 fully saturated rings. The lowest BCUT2D eigenvalue weighted by molar-refractivity contribution is 0.503. The Morgan fingerprint density at radius 2 is 1.67 bits per heavy atom. The molecule has 3 aromatic rings. The van der Waals surface area contributed by atoms with Crippen LogP contribution >= 0.6 is 0 Å². The van der Waals surface area contributed by atoms with E-state index in [1.807, 2.05) is 56.4 Å². The lowest BCUT2D eigenvalue weighted by Crippen LogP contribution is -2.16. The summed E-state index contributed by atoms with van der Waals surface area (Å²) in [5.74, 6) is 1.18. The highest BCUT2D eigenvalue weighted by Gasteiger charge is 2.12. The molecule has 0 spiro atoms. The number of aryl methyl sites for hydroxylation is 1. The van der Waals surface area contributed by atoms with Gasteiger partial charge in [0.05, 0.1) is 6.54 Å². The molecule has 1 aromatic heterocycles. The summed E-state index contributed by atoms with van der Waals surface area (Å²) >= 11 is 0. The number of nitrogens with zero attached hydrogens (tertiary/aromatic N) is 3. The van der Waals surface area contributed by atoms with Gasteiger partial charge in [-0.1, -0.05) is 36.4 Å². The summed E-state index contributed by atoms with van der Waals surface area (Å²) in [7, 11) is 2.01. The Kier molecular flexibility index (Phi) is 3.69. The minimum absolute atomic E-state index is 0.574. The van der Waals surface area contributed by atoms with Crippen LogP contribution in [0, 0.1) is 6.92 Å². The third-order valence-corrected chi connectivity index (χ3v) is 3.41. The van der Waals surface area contributed by atoms with E-state index < -0.39 is 0 Å². The van der Waals surface area contributed by atoms with E-state index in [1.165, 1.54) is 0 Å². The van der Waals surface area contributed by atoms with Gasteiger partial charge in [0.15, 0.2) is 0 Å². The van der Waals surface area contributed by atoms with Crippen molar-refractivity contribution >= 4 is 5.69 Å². The van der Waals surface area contributed by atoms with Crippen LogP contribution in [0.15, 0.2) is 59.0 Å². The van der Waals surface area contributed by atoms with Crippen molar-refractivity contribution in [2.24, 2.45) is 0 Å². The second-order valence-corrected chi connectivity index (χ2v) is 5.01. The SMILES string of the molecule is Cc1ccccc1-c1nnc(CN(C)c2ccccc2)o1. The molecule has 0 N–H and O–H groups in total. The van der Waals surface area contributed by atoms with Crippen LogP contribution in [0.1, 0.15) is 11.5 Å². The molecule has 0 aliphatic carbocycles. The van der Waals surface area contributed by atoms with Gasteiger partial charge in [0, 0.05) is 18.3 Å². The highest BCUT2D eigenvalue weighted by molar-refractivity contribution is 5.57. The summed E-state index contributed by atoms with van der Waals surface area (Å²) in [6.45, 7) is 2.62. The molecule has 0 aliphatic rings. The van der Waals surface area contributed by atoms with Gasteiger partial charge in [0.1, 0.15) is 0 Å². The number of aromatic nitrogens is 2. The summed E-state index contributed by atoms with van der Waals surface area (Å²) in [6, 6.07) is 18.1. The number of para-hydroxylation sites is 1. The number of hydrogen-bond donors (Lipinski definition) is 0. The van der Waals surface area contributed by atoms with Gasteiger partial charge in [-0.05, 0) is 30.7 Å². The fraction of sp³-hybridized carbons (Fsp3) is 0.176. The van der Waals surface area contributed by atoms with Crippen molar-refractivity contribution < 1.29 is 4.42 Å². The van der Waals surface area contributed by atoms with Crippen molar-refractivity contribution in [3.63, 3.8) is 0 Å². The predicted octanol–water partition coefficient (Wildman–Crippen LogP) is 3.68. The van der Waals surface area contributed by atoms with Gasteiger partial charge < -0.3 is 9.32 Å². The number of anilines is 1. The molecule has 0 amide bonds. The lowest BCUT2D eigenvalue weighted by atomic mass is 10.1. The minimum Gasteiger partial charge on any atom is -0.419 e. The van der Waals surface area contributed by atoms with E-state index >= 15 is 0 Å². The Labute approximate surface area is 124 Å². The molecule has 4 nitrogen and oxygen atoms in total. The van der Waals surface area contributed by atoms with E-state index in [4.69, 9.17) is 4.42 Å². The highest BCUT2D eigenvalue weighted by Crippen LogP contribution is 2.22. The summed E-state index contributed by atoms with van der Waals surface area (Å²) < 4.78 is 5.78. The quantitative estimate of drug-likeness (QED) is 0.730. The van der Waals surface area contributed by atoms with E-state index in [-0.39, 0.29) is 0 Å². The van der Waals surface area contributed by atoms with Crippen molar-refractivity contribution in [3.05, 3.63) is 66.1 Å². The normalized spacial score (nSPS) is 10.6. The van der Waals surface area contributed by atoms with Gasteiger partial charge >= 0.3 is 0 Å². The largest absolute Gasteiger partial charge is 0.419 e. The molecular formula is C17H17N3O. The smallest absolute Gasteiger partial charge is 0.248 e. The molecule has 0 saturated heterocycles.